The quantitative estimate of drug-likeness (QED) is 0.302. The number of aryl methyl sites for hydroxylation is 2. The van der Waals surface area contributed by atoms with E-state index in [9.17, 15) is 13.2 Å². The molecule has 4 aromatic rings. The van der Waals surface area contributed by atoms with E-state index in [0.29, 0.717) is 10.8 Å². The number of thiocarbonyl (C=S) groups is 1. The zero-order chi connectivity index (χ0) is 25.6. The first kappa shape index (κ1) is 24.1. The number of hydrogen-bond acceptors (Lipinski definition) is 2. The number of para-hydroxylation sites is 1. The number of benzene rings is 2. The lowest BCUT2D eigenvalue weighted by Gasteiger charge is -2.28. The van der Waals surface area contributed by atoms with Gasteiger partial charge in [0, 0.05) is 23.3 Å². The summed E-state index contributed by atoms with van der Waals surface area (Å²) in [5, 5.41) is 3.97. The molecule has 0 aliphatic carbocycles. The lowest BCUT2D eigenvalue weighted by molar-refractivity contribution is -0.137. The Morgan fingerprint density at radius 2 is 1.67 bits per heavy atom. The van der Waals surface area contributed by atoms with Gasteiger partial charge < -0.3 is 14.8 Å². The predicted molar refractivity (Wildman–Crippen MR) is 139 cm³/mol. The number of pyridine rings is 1. The van der Waals surface area contributed by atoms with Crippen molar-refractivity contribution in [2.75, 3.05) is 4.90 Å². The fraction of sp³-hybridized carbons (Fsp3) is 0.214. The minimum absolute atomic E-state index is 0.108. The molecule has 1 saturated heterocycles. The fourth-order valence-electron chi connectivity index (χ4n) is 5.09. The molecule has 1 aliphatic rings. The molecule has 0 unspecified atom stereocenters. The summed E-state index contributed by atoms with van der Waals surface area (Å²) in [5.74, 6) is 0. The van der Waals surface area contributed by atoms with Gasteiger partial charge in [0.2, 0.25) is 0 Å². The van der Waals surface area contributed by atoms with E-state index in [1.165, 1.54) is 12.1 Å². The van der Waals surface area contributed by atoms with Gasteiger partial charge in [-0.1, -0.05) is 30.3 Å². The lowest BCUT2D eigenvalue weighted by Crippen LogP contribution is -2.29. The zero-order valence-electron chi connectivity index (χ0n) is 20.0. The van der Waals surface area contributed by atoms with Crippen molar-refractivity contribution in [3.05, 3.63) is 113 Å². The highest BCUT2D eigenvalue weighted by Gasteiger charge is 2.43. The summed E-state index contributed by atoms with van der Waals surface area (Å²) < 4.78 is 43.4. The van der Waals surface area contributed by atoms with E-state index in [-0.39, 0.29) is 17.8 Å². The van der Waals surface area contributed by atoms with Gasteiger partial charge in [-0.15, -0.1) is 0 Å². The number of alkyl halides is 3. The van der Waals surface area contributed by atoms with Crippen LogP contribution in [-0.2, 0) is 6.18 Å². The third-order valence-corrected chi connectivity index (χ3v) is 6.93. The van der Waals surface area contributed by atoms with Crippen LogP contribution in [0.1, 0.15) is 45.9 Å². The maximum absolute atomic E-state index is 13.9. The Morgan fingerprint density at radius 1 is 0.917 bits per heavy atom. The van der Waals surface area contributed by atoms with E-state index in [4.69, 9.17) is 12.2 Å². The molecule has 1 aliphatic heterocycles. The molecular formula is C28H25F3N4S. The molecule has 1 N–H and O–H groups in total. The van der Waals surface area contributed by atoms with Crippen LogP contribution in [0.5, 0.6) is 0 Å². The second kappa shape index (κ2) is 9.09. The van der Waals surface area contributed by atoms with E-state index < -0.39 is 11.7 Å². The molecule has 3 heterocycles. The van der Waals surface area contributed by atoms with Crippen LogP contribution in [-0.4, -0.2) is 14.7 Å². The van der Waals surface area contributed by atoms with Crippen LogP contribution in [0.2, 0.25) is 0 Å². The molecule has 184 valence electrons. The minimum Gasteiger partial charge on any atom is -0.351 e. The Bertz CT molecular complexity index is 1430. The highest BCUT2D eigenvalue weighted by Crippen LogP contribution is 2.44. The highest BCUT2D eigenvalue weighted by molar-refractivity contribution is 7.80. The number of nitrogens with zero attached hydrogens (tertiary/aromatic N) is 3. The van der Waals surface area contributed by atoms with Crippen molar-refractivity contribution >= 4 is 23.0 Å². The smallest absolute Gasteiger partial charge is 0.351 e. The van der Waals surface area contributed by atoms with Crippen molar-refractivity contribution in [1.29, 1.82) is 0 Å². The maximum atomic E-state index is 13.9. The Hall–Kier alpha value is -3.65. The van der Waals surface area contributed by atoms with Gasteiger partial charge in [-0.25, -0.2) is 0 Å². The van der Waals surface area contributed by atoms with Gasteiger partial charge in [0.1, 0.15) is 0 Å². The van der Waals surface area contributed by atoms with Crippen molar-refractivity contribution in [2.24, 2.45) is 0 Å². The molecule has 2 atom stereocenters. The normalized spacial score (nSPS) is 17.9. The summed E-state index contributed by atoms with van der Waals surface area (Å²) >= 11 is 5.80. The summed E-state index contributed by atoms with van der Waals surface area (Å²) in [6.07, 6.45) is -2.74. The Morgan fingerprint density at radius 3 is 2.36 bits per heavy atom. The monoisotopic (exact) mass is 506 g/mol. The molecule has 0 saturated carbocycles. The second-order valence-corrected chi connectivity index (χ2v) is 9.40. The summed E-state index contributed by atoms with van der Waals surface area (Å²) in [5.41, 5.74) is 4.55. The van der Waals surface area contributed by atoms with E-state index >= 15 is 0 Å². The van der Waals surface area contributed by atoms with Gasteiger partial charge in [0.25, 0.3) is 0 Å². The minimum atomic E-state index is -4.47. The highest BCUT2D eigenvalue weighted by atomic mass is 32.1. The van der Waals surface area contributed by atoms with Crippen molar-refractivity contribution in [3.63, 3.8) is 0 Å². The van der Waals surface area contributed by atoms with Gasteiger partial charge in [-0.3, -0.25) is 4.98 Å². The van der Waals surface area contributed by atoms with Crippen molar-refractivity contribution in [3.8, 4) is 5.69 Å². The fourth-order valence-corrected chi connectivity index (χ4v) is 5.44. The molecule has 0 bridgehead atoms. The first-order chi connectivity index (χ1) is 17.2. The van der Waals surface area contributed by atoms with Gasteiger partial charge in [-0.05, 0) is 86.6 Å². The van der Waals surface area contributed by atoms with E-state index in [0.717, 1.165) is 34.3 Å². The molecule has 36 heavy (non-hydrogen) atoms. The summed E-state index contributed by atoms with van der Waals surface area (Å²) in [6.45, 7) is 5.71. The van der Waals surface area contributed by atoms with E-state index in [1.54, 1.807) is 16.8 Å². The lowest BCUT2D eigenvalue weighted by atomic mass is 9.96. The maximum Gasteiger partial charge on any atom is 0.418 e. The molecule has 0 spiro atoms. The van der Waals surface area contributed by atoms with Crippen LogP contribution in [0.15, 0.2) is 79.0 Å². The molecule has 4 nitrogen and oxygen atoms in total. The van der Waals surface area contributed by atoms with Crippen molar-refractivity contribution < 1.29 is 13.2 Å². The van der Waals surface area contributed by atoms with Gasteiger partial charge in [0.15, 0.2) is 5.11 Å². The molecule has 8 heteroatoms. The number of nitrogens with one attached hydrogen (secondary N) is 1. The molecule has 0 radical (unpaired) electrons. The van der Waals surface area contributed by atoms with Crippen LogP contribution in [0.25, 0.3) is 5.69 Å². The predicted octanol–water partition coefficient (Wildman–Crippen LogP) is 6.99. The van der Waals surface area contributed by atoms with Crippen LogP contribution < -0.4 is 10.2 Å². The first-order valence-corrected chi connectivity index (χ1v) is 12.0. The van der Waals surface area contributed by atoms with Gasteiger partial charge >= 0.3 is 6.18 Å². The van der Waals surface area contributed by atoms with Gasteiger partial charge in [-0.2, -0.15) is 13.2 Å². The van der Waals surface area contributed by atoms with Crippen LogP contribution in [0.4, 0.5) is 18.9 Å². The van der Waals surface area contributed by atoms with Crippen molar-refractivity contribution in [1.82, 2.24) is 14.9 Å². The SMILES string of the molecule is Cc1cccc(N2C(=S)N[C@@H](c3ccccn3)[C@@H]2c2cc(C)n(-c3ccccc3C(F)(F)F)c2C)c1. The third-order valence-electron chi connectivity index (χ3n) is 6.62. The second-order valence-electron chi connectivity index (χ2n) is 9.01. The molecule has 2 aromatic heterocycles. The molecule has 2 aromatic carbocycles. The average molecular weight is 507 g/mol. The largest absolute Gasteiger partial charge is 0.418 e. The Kier molecular flexibility index (Phi) is 6.08. The number of rotatable bonds is 4. The average Bonchev–Trinajstić information content (AvgIpc) is 3.34. The van der Waals surface area contributed by atoms with Crippen LogP contribution in [0, 0.1) is 20.8 Å². The van der Waals surface area contributed by atoms with Crippen LogP contribution >= 0.6 is 12.2 Å². The molecule has 5 rings (SSSR count). The topological polar surface area (TPSA) is 33.1 Å². The third kappa shape index (κ3) is 4.15. The standard InChI is InChI=1S/C28H25F3N4S/c1-17-9-8-10-20(15-17)35-26(25(33-27(35)36)23-12-6-7-14-32-23)21-16-18(2)34(19(21)3)24-13-5-4-11-22(24)28(29,30)31/h4-16,25-26H,1-3H3,(H,33,36)/t25-,26-/m0/s1. The summed E-state index contributed by atoms with van der Waals surface area (Å²) in [4.78, 5) is 6.62. The number of anilines is 1. The number of aromatic nitrogens is 2. The Labute approximate surface area is 213 Å². The number of halogens is 3. The van der Waals surface area contributed by atoms with Gasteiger partial charge in [0.05, 0.1) is 29.0 Å². The number of hydrogen-bond donors (Lipinski definition) is 1. The first-order valence-electron chi connectivity index (χ1n) is 11.6. The molecular weight excluding hydrogens is 481 g/mol. The summed E-state index contributed by atoms with van der Waals surface area (Å²) in [6, 6.07) is 20.8. The molecule has 1 fully saturated rings. The Balaban J connectivity index is 1.71. The summed E-state index contributed by atoms with van der Waals surface area (Å²) in [7, 11) is 0. The van der Waals surface area contributed by atoms with Crippen molar-refractivity contribution in [2.45, 2.75) is 39.0 Å². The van der Waals surface area contributed by atoms with E-state index in [2.05, 4.69) is 16.4 Å². The van der Waals surface area contributed by atoms with E-state index in [1.807, 2.05) is 68.1 Å². The van der Waals surface area contributed by atoms with Crippen LogP contribution in [0.3, 0.4) is 0 Å². The molecule has 0 amide bonds. The zero-order valence-corrected chi connectivity index (χ0v) is 20.9.